The molecule has 0 unspecified atom stereocenters. The van der Waals surface area contributed by atoms with Crippen molar-refractivity contribution < 1.29 is 18.4 Å². The fourth-order valence-corrected chi connectivity index (χ4v) is 4.53. The molecule has 2 amide bonds. The number of hydrogen-bond acceptors (Lipinski definition) is 3. The van der Waals surface area contributed by atoms with E-state index in [4.69, 9.17) is 0 Å². The van der Waals surface area contributed by atoms with Crippen molar-refractivity contribution in [3.8, 4) is 11.1 Å². The molecule has 176 valence electrons. The second kappa shape index (κ2) is 9.25. The lowest BCUT2D eigenvalue weighted by molar-refractivity contribution is 0.0535. The second-order valence-corrected chi connectivity index (χ2v) is 8.62. The normalized spacial score (nSPS) is 13.8. The highest BCUT2D eigenvalue weighted by molar-refractivity contribution is 5.98. The van der Waals surface area contributed by atoms with Gasteiger partial charge in [-0.25, -0.2) is 8.78 Å². The number of hydrogen-bond donors (Lipinski definition) is 0. The molecule has 2 heterocycles. The Balaban J connectivity index is 1.29. The van der Waals surface area contributed by atoms with Crippen LogP contribution in [0.25, 0.3) is 22.0 Å². The van der Waals surface area contributed by atoms with E-state index < -0.39 is 11.6 Å². The summed E-state index contributed by atoms with van der Waals surface area (Å²) in [7, 11) is 0. The molecule has 1 aliphatic rings. The van der Waals surface area contributed by atoms with Gasteiger partial charge in [0.05, 0.1) is 5.52 Å². The zero-order chi connectivity index (χ0) is 24.5. The van der Waals surface area contributed by atoms with E-state index in [1.165, 1.54) is 6.07 Å². The van der Waals surface area contributed by atoms with Crippen molar-refractivity contribution in [2.24, 2.45) is 0 Å². The zero-order valence-corrected chi connectivity index (χ0v) is 19.2. The van der Waals surface area contributed by atoms with Crippen LogP contribution in [0.15, 0.2) is 72.9 Å². The number of fused-ring (bicyclic) bond motifs is 1. The van der Waals surface area contributed by atoms with Crippen molar-refractivity contribution in [1.82, 2.24) is 14.8 Å². The highest BCUT2D eigenvalue weighted by Crippen LogP contribution is 2.30. The first-order valence-corrected chi connectivity index (χ1v) is 11.4. The van der Waals surface area contributed by atoms with Crippen LogP contribution in [0.1, 0.15) is 26.3 Å². The Labute approximate surface area is 201 Å². The number of amides is 2. The molecule has 0 saturated carbocycles. The third-order valence-electron chi connectivity index (χ3n) is 6.42. The van der Waals surface area contributed by atoms with Gasteiger partial charge < -0.3 is 9.80 Å². The zero-order valence-electron chi connectivity index (χ0n) is 19.2. The number of nitrogens with zero attached hydrogens (tertiary/aromatic N) is 3. The van der Waals surface area contributed by atoms with Crippen LogP contribution in [-0.4, -0.2) is 52.8 Å². The molecule has 7 heteroatoms. The van der Waals surface area contributed by atoms with Gasteiger partial charge in [0.15, 0.2) is 11.6 Å². The van der Waals surface area contributed by atoms with E-state index in [1.807, 2.05) is 55.5 Å². The SMILES string of the molecule is Cc1cc(C(=O)N2CCN(C(=O)c3ccc(F)c(F)c3)CC2)ccc1-c1cccc2cccnc12. The molecule has 0 atom stereocenters. The number of halogens is 2. The minimum Gasteiger partial charge on any atom is -0.335 e. The maximum absolute atomic E-state index is 13.5. The molecule has 5 rings (SSSR count). The first kappa shape index (κ1) is 22.7. The molecule has 35 heavy (non-hydrogen) atoms. The first-order chi connectivity index (χ1) is 16.9. The van der Waals surface area contributed by atoms with E-state index in [0.717, 1.165) is 39.7 Å². The monoisotopic (exact) mass is 471 g/mol. The third-order valence-corrected chi connectivity index (χ3v) is 6.42. The van der Waals surface area contributed by atoms with Gasteiger partial charge in [-0.1, -0.05) is 30.3 Å². The Hall–Kier alpha value is -4.13. The number of carbonyl (C=O) groups excluding carboxylic acids is 2. The van der Waals surface area contributed by atoms with Gasteiger partial charge in [0.25, 0.3) is 11.8 Å². The van der Waals surface area contributed by atoms with Crippen molar-refractivity contribution in [1.29, 1.82) is 0 Å². The van der Waals surface area contributed by atoms with Crippen LogP contribution in [0.5, 0.6) is 0 Å². The summed E-state index contributed by atoms with van der Waals surface area (Å²) >= 11 is 0. The average Bonchev–Trinajstić information content (AvgIpc) is 2.89. The average molecular weight is 472 g/mol. The number of pyridine rings is 1. The molecule has 1 fully saturated rings. The summed E-state index contributed by atoms with van der Waals surface area (Å²) in [6, 6.07) is 18.8. The van der Waals surface area contributed by atoms with E-state index in [0.29, 0.717) is 31.7 Å². The van der Waals surface area contributed by atoms with E-state index in [1.54, 1.807) is 16.0 Å². The molecule has 0 radical (unpaired) electrons. The van der Waals surface area contributed by atoms with Gasteiger partial charge in [-0.3, -0.25) is 14.6 Å². The molecule has 0 spiro atoms. The Morgan fingerprint density at radius 2 is 1.37 bits per heavy atom. The summed E-state index contributed by atoms with van der Waals surface area (Å²) in [4.78, 5) is 33.6. The minimum atomic E-state index is -1.05. The predicted molar refractivity (Wildman–Crippen MR) is 130 cm³/mol. The van der Waals surface area contributed by atoms with Crippen LogP contribution < -0.4 is 0 Å². The maximum Gasteiger partial charge on any atom is 0.254 e. The van der Waals surface area contributed by atoms with E-state index in [-0.39, 0.29) is 17.4 Å². The molecular weight excluding hydrogens is 448 g/mol. The summed E-state index contributed by atoms with van der Waals surface area (Å²) in [6.45, 7) is 3.35. The summed E-state index contributed by atoms with van der Waals surface area (Å²) in [5.74, 6) is -2.52. The smallest absolute Gasteiger partial charge is 0.254 e. The van der Waals surface area contributed by atoms with Crippen molar-refractivity contribution >= 4 is 22.7 Å². The third kappa shape index (κ3) is 4.37. The first-order valence-electron chi connectivity index (χ1n) is 11.4. The van der Waals surface area contributed by atoms with Crippen LogP contribution in [0.4, 0.5) is 8.78 Å². The lowest BCUT2D eigenvalue weighted by Gasteiger charge is -2.35. The number of para-hydroxylation sites is 1. The lowest BCUT2D eigenvalue weighted by Crippen LogP contribution is -2.50. The van der Waals surface area contributed by atoms with Crippen molar-refractivity contribution in [2.75, 3.05) is 26.2 Å². The molecule has 3 aromatic carbocycles. The summed E-state index contributed by atoms with van der Waals surface area (Å²) in [5, 5.41) is 1.06. The van der Waals surface area contributed by atoms with E-state index in [9.17, 15) is 18.4 Å². The standard InChI is InChI=1S/C28H23F2N3O2/c1-18-16-20(7-9-22(18)23-6-2-4-19-5-3-11-31-26(19)23)27(34)32-12-14-33(15-13-32)28(35)21-8-10-24(29)25(30)17-21/h2-11,16-17H,12-15H2,1H3. The second-order valence-electron chi connectivity index (χ2n) is 8.62. The lowest BCUT2D eigenvalue weighted by atomic mass is 9.96. The van der Waals surface area contributed by atoms with Gasteiger partial charge in [-0.2, -0.15) is 0 Å². The molecule has 1 aromatic heterocycles. The molecule has 5 nitrogen and oxygen atoms in total. The molecule has 1 saturated heterocycles. The highest BCUT2D eigenvalue weighted by atomic mass is 19.2. The number of aromatic nitrogens is 1. The van der Waals surface area contributed by atoms with E-state index in [2.05, 4.69) is 4.98 Å². The van der Waals surface area contributed by atoms with Crippen LogP contribution >= 0.6 is 0 Å². The number of rotatable bonds is 3. The molecule has 0 aliphatic carbocycles. The molecular formula is C28H23F2N3O2. The fourth-order valence-electron chi connectivity index (χ4n) is 4.53. The Morgan fingerprint density at radius 1 is 0.743 bits per heavy atom. The predicted octanol–water partition coefficient (Wildman–Crippen LogP) is 5.09. The van der Waals surface area contributed by atoms with Crippen LogP contribution in [-0.2, 0) is 0 Å². The maximum atomic E-state index is 13.5. The van der Waals surface area contributed by atoms with E-state index >= 15 is 0 Å². The Morgan fingerprint density at radius 3 is 2.03 bits per heavy atom. The molecule has 4 aromatic rings. The largest absolute Gasteiger partial charge is 0.335 e. The van der Waals surface area contributed by atoms with Gasteiger partial charge >= 0.3 is 0 Å². The van der Waals surface area contributed by atoms with Gasteiger partial charge in [-0.15, -0.1) is 0 Å². The topological polar surface area (TPSA) is 53.5 Å². The van der Waals surface area contributed by atoms with Crippen molar-refractivity contribution in [3.63, 3.8) is 0 Å². The quantitative estimate of drug-likeness (QED) is 0.419. The number of benzene rings is 3. The molecule has 0 bridgehead atoms. The molecule has 1 aliphatic heterocycles. The Bertz CT molecular complexity index is 1440. The summed E-state index contributed by atoms with van der Waals surface area (Å²) < 4.78 is 26.7. The van der Waals surface area contributed by atoms with Crippen LogP contribution in [0, 0.1) is 18.6 Å². The highest BCUT2D eigenvalue weighted by Gasteiger charge is 2.26. The van der Waals surface area contributed by atoms with Gasteiger partial charge in [0, 0.05) is 54.5 Å². The minimum absolute atomic E-state index is 0.0952. The van der Waals surface area contributed by atoms with Gasteiger partial charge in [-0.05, 0) is 54.4 Å². The fraction of sp³-hybridized carbons (Fsp3) is 0.179. The van der Waals surface area contributed by atoms with Crippen LogP contribution in [0.3, 0.4) is 0 Å². The van der Waals surface area contributed by atoms with Crippen molar-refractivity contribution in [2.45, 2.75) is 6.92 Å². The molecule has 0 N–H and O–H groups in total. The number of aryl methyl sites for hydroxylation is 1. The Kier molecular flexibility index (Phi) is 5.99. The summed E-state index contributed by atoms with van der Waals surface area (Å²) in [6.07, 6.45) is 1.77. The van der Waals surface area contributed by atoms with Crippen molar-refractivity contribution in [3.05, 3.63) is 101 Å². The van der Waals surface area contributed by atoms with Gasteiger partial charge in [0.2, 0.25) is 0 Å². The summed E-state index contributed by atoms with van der Waals surface area (Å²) in [5.41, 5.74) is 4.61. The van der Waals surface area contributed by atoms with Gasteiger partial charge in [0.1, 0.15) is 0 Å². The number of piperazine rings is 1. The number of carbonyl (C=O) groups is 2. The van der Waals surface area contributed by atoms with Crippen LogP contribution in [0.2, 0.25) is 0 Å².